The Morgan fingerprint density at radius 3 is 2.52 bits per heavy atom. The number of benzene rings is 2. The number of nitro benzene ring substituents is 1. The maximum Gasteiger partial charge on any atom is 0.339 e. The Morgan fingerprint density at radius 2 is 1.88 bits per heavy atom. The zero-order valence-corrected chi connectivity index (χ0v) is 17.9. The van der Waals surface area contributed by atoms with E-state index in [-0.39, 0.29) is 17.1 Å². The van der Waals surface area contributed by atoms with Gasteiger partial charge in [0.05, 0.1) is 10.5 Å². The molecule has 1 aromatic heterocycles. The number of ether oxygens (including phenoxy) is 1. The van der Waals surface area contributed by atoms with Gasteiger partial charge in [-0.2, -0.15) is 0 Å². The van der Waals surface area contributed by atoms with E-state index in [0.29, 0.717) is 17.0 Å². The van der Waals surface area contributed by atoms with Crippen molar-refractivity contribution in [1.82, 2.24) is 5.16 Å². The Kier molecular flexibility index (Phi) is 6.34. The topological polar surface area (TPSA) is 128 Å². The van der Waals surface area contributed by atoms with E-state index in [1.54, 1.807) is 43.3 Å². The van der Waals surface area contributed by atoms with Crippen LogP contribution >= 0.6 is 0 Å². The molecule has 1 N–H and O–H groups in total. The average Bonchev–Trinajstić information content (AvgIpc) is 3.49. The third-order valence-corrected chi connectivity index (χ3v) is 5.30. The molecule has 0 bridgehead atoms. The zero-order chi connectivity index (χ0) is 23.4. The Morgan fingerprint density at radius 1 is 1.15 bits per heavy atom. The summed E-state index contributed by atoms with van der Waals surface area (Å²) in [5.41, 5.74) is 0.709. The molecule has 170 valence electrons. The van der Waals surface area contributed by atoms with E-state index in [0.717, 1.165) is 25.9 Å². The van der Waals surface area contributed by atoms with E-state index >= 15 is 0 Å². The summed E-state index contributed by atoms with van der Waals surface area (Å²) in [4.78, 5) is 38.9. The largest absolute Gasteiger partial charge is 0.444 e. The summed E-state index contributed by atoms with van der Waals surface area (Å²) < 4.78 is 10.5. The molecule has 0 spiro atoms. The minimum absolute atomic E-state index is 0.0179. The minimum atomic E-state index is -1.30. The molecule has 1 atom stereocenters. The van der Waals surface area contributed by atoms with Crippen molar-refractivity contribution >= 4 is 29.1 Å². The third-order valence-electron chi connectivity index (χ3n) is 5.30. The van der Waals surface area contributed by atoms with Crippen molar-refractivity contribution in [3.05, 3.63) is 81.6 Å². The highest BCUT2D eigenvalue weighted by molar-refractivity contribution is 5.98. The monoisotopic (exact) mass is 450 g/mol. The number of nitro groups is 1. The van der Waals surface area contributed by atoms with Crippen molar-refractivity contribution in [1.29, 1.82) is 0 Å². The lowest BCUT2D eigenvalue weighted by Crippen LogP contribution is -2.26. The fourth-order valence-corrected chi connectivity index (χ4v) is 3.72. The van der Waals surface area contributed by atoms with E-state index in [4.69, 9.17) is 9.26 Å². The highest BCUT2D eigenvalue weighted by atomic mass is 16.6. The van der Waals surface area contributed by atoms with Gasteiger partial charge in [-0.15, -0.1) is 0 Å². The van der Waals surface area contributed by atoms with Gasteiger partial charge in [-0.3, -0.25) is 14.9 Å². The van der Waals surface area contributed by atoms with E-state index in [1.165, 1.54) is 18.2 Å². The highest BCUT2D eigenvalue weighted by Crippen LogP contribution is 2.32. The number of rotatable bonds is 7. The van der Waals surface area contributed by atoms with E-state index in [9.17, 15) is 19.7 Å². The Labute approximate surface area is 189 Å². The van der Waals surface area contributed by atoms with Crippen molar-refractivity contribution < 1.29 is 23.8 Å². The number of hydrogen-bond donors (Lipinski definition) is 1. The first-order valence-corrected chi connectivity index (χ1v) is 10.5. The molecule has 0 aliphatic carbocycles. The molecule has 0 radical (unpaired) electrons. The summed E-state index contributed by atoms with van der Waals surface area (Å²) in [6.45, 7) is 3.13. The summed E-state index contributed by atoms with van der Waals surface area (Å²) in [6, 6.07) is 14.2. The van der Waals surface area contributed by atoms with Gasteiger partial charge in [-0.05, 0) is 31.9 Å². The Balaban J connectivity index is 1.59. The standard InChI is InChI=1S/C23H22N4O6/c1-15-13-20(25-33-15)24-22(28)21(16-7-3-2-4-8-16)32-23(29)17-9-10-18(19(14-17)27(30)31)26-11-5-6-12-26/h2-4,7-10,13-14,21H,5-6,11-12H2,1H3,(H,24,25,28)/t21-/m1/s1. The van der Waals surface area contributed by atoms with Crippen LogP contribution in [0.2, 0.25) is 0 Å². The lowest BCUT2D eigenvalue weighted by Gasteiger charge is -2.19. The van der Waals surface area contributed by atoms with Crippen LogP contribution in [0.4, 0.5) is 17.2 Å². The van der Waals surface area contributed by atoms with Gasteiger partial charge in [-0.1, -0.05) is 35.5 Å². The van der Waals surface area contributed by atoms with Crippen LogP contribution in [0.15, 0.2) is 59.1 Å². The molecule has 0 saturated carbocycles. The van der Waals surface area contributed by atoms with Gasteiger partial charge in [0.15, 0.2) is 5.82 Å². The van der Waals surface area contributed by atoms with Crippen molar-refractivity contribution in [2.45, 2.75) is 25.9 Å². The third kappa shape index (κ3) is 5.00. The van der Waals surface area contributed by atoms with Crippen molar-refractivity contribution in [3.8, 4) is 0 Å². The number of aryl methyl sites for hydroxylation is 1. The number of anilines is 2. The lowest BCUT2D eigenvalue weighted by molar-refractivity contribution is -0.384. The Bertz CT molecular complexity index is 1170. The number of nitrogens with zero attached hydrogens (tertiary/aromatic N) is 3. The molecule has 10 heteroatoms. The van der Waals surface area contributed by atoms with Crippen LogP contribution in [0.1, 0.15) is 40.6 Å². The molecule has 1 fully saturated rings. The summed E-state index contributed by atoms with van der Waals surface area (Å²) >= 11 is 0. The van der Waals surface area contributed by atoms with Crippen LogP contribution in [-0.4, -0.2) is 35.0 Å². The van der Waals surface area contributed by atoms with E-state index in [2.05, 4.69) is 10.5 Å². The molecule has 2 aromatic carbocycles. The number of aromatic nitrogens is 1. The molecule has 10 nitrogen and oxygen atoms in total. The SMILES string of the molecule is Cc1cc(NC(=O)[C@H](OC(=O)c2ccc(N3CCCC3)c([N+](=O)[O-])c2)c2ccccc2)no1. The second-order valence-corrected chi connectivity index (χ2v) is 7.66. The maximum absolute atomic E-state index is 12.9. The first-order chi connectivity index (χ1) is 15.9. The number of hydrogen-bond acceptors (Lipinski definition) is 8. The molecule has 33 heavy (non-hydrogen) atoms. The lowest BCUT2D eigenvalue weighted by atomic mass is 10.1. The molecule has 1 saturated heterocycles. The summed E-state index contributed by atoms with van der Waals surface area (Å²) in [7, 11) is 0. The smallest absolute Gasteiger partial charge is 0.339 e. The predicted molar refractivity (Wildman–Crippen MR) is 119 cm³/mol. The van der Waals surface area contributed by atoms with Gasteiger partial charge in [-0.25, -0.2) is 4.79 Å². The van der Waals surface area contributed by atoms with Gasteiger partial charge in [0.25, 0.3) is 11.6 Å². The van der Waals surface area contributed by atoms with Gasteiger partial charge in [0.1, 0.15) is 11.4 Å². The summed E-state index contributed by atoms with van der Waals surface area (Å²) in [5, 5.41) is 17.9. The molecule has 1 aliphatic heterocycles. The number of nitrogens with one attached hydrogen (secondary N) is 1. The first kappa shape index (κ1) is 22.0. The van der Waals surface area contributed by atoms with Gasteiger partial charge < -0.3 is 19.5 Å². The average molecular weight is 450 g/mol. The highest BCUT2D eigenvalue weighted by Gasteiger charge is 2.29. The van der Waals surface area contributed by atoms with Crippen LogP contribution in [0, 0.1) is 17.0 Å². The van der Waals surface area contributed by atoms with E-state index < -0.39 is 22.9 Å². The van der Waals surface area contributed by atoms with Crippen LogP contribution in [0.25, 0.3) is 0 Å². The molecule has 0 unspecified atom stereocenters. The first-order valence-electron chi connectivity index (χ1n) is 10.5. The zero-order valence-electron chi connectivity index (χ0n) is 17.9. The number of carbonyl (C=O) groups is 2. The number of carbonyl (C=O) groups excluding carboxylic acids is 2. The van der Waals surface area contributed by atoms with Gasteiger partial charge in [0, 0.05) is 30.8 Å². The van der Waals surface area contributed by atoms with Gasteiger partial charge in [0.2, 0.25) is 6.10 Å². The summed E-state index contributed by atoms with van der Waals surface area (Å²) in [5.74, 6) is -0.804. The molecule has 3 aromatic rings. The van der Waals surface area contributed by atoms with Crippen LogP contribution in [0.3, 0.4) is 0 Å². The number of esters is 1. The molecule has 4 rings (SSSR count). The molecular weight excluding hydrogens is 428 g/mol. The fourth-order valence-electron chi connectivity index (χ4n) is 3.72. The normalized spacial score (nSPS) is 14.0. The fraction of sp³-hybridized carbons (Fsp3) is 0.261. The van der Waals surface area contributed by atoms with Crippen molar-refractivity contribution in [2.24, 2.45) is 0 Å². The van der Waals surface area contributed by atoms with Gasteiger partial charge >= 0.3 is 5.97 Å². The number of amides is 1. The van der Waals surface area contributed by atoms with Crippen LogP contribution in [0.5, 0.6) is 0 Å². The summed E-state index contributed by atoms with van der Waals surface area (Å²) in [6.07, 6.45) is 0.618. The van der Waals surface area contributed by atoms with E-state index in [1.807, 2.05) is 4.90 Å². The van der Waals surface area contributed by atoms with Crippen molar-refractivity contribution in [3.63, 3.8) is 0 Å². The minimum Gasteiger partial charge on any atom is -0.444 e. The molecule has 1 aliphatic rings. The predicted octanol–water partition coefficient (Wildman–Crippen LogP) is 4.03. The second kappa shape index (κ2) is 9.51. The van der Waals surface area contributed by atoms with Crippen LogP contribution in [-0.2, 0) is 9.53 Å². The molecular formula is C23H22N4O6. The Hall–Kier alpha value is -4.21. The second-order valence-electron chi connectivity index (χ2n) is 7.66. The van der Waals surface area contributed by atoms with Crippen molar-refractivity contribution in [2.75, 3.05) is 23.3 Å². The molecule has 1 amide bonds. The maximum atomic E-state index is 12.9. The quantitative estimate of drug-likeness (QED) is 0.325. The molecule has 2 heterocycles. The van der Waals surface area contributed by atoms with Crippen LogP contribution < -0.4 is 10.2 Å².